The molecule has 0 N–H and O–H groups in total. The summed E-state index contributed by atoms with van der Waals surface area (Å²) in [5.41, 5.74) is 1.000. The molecule has 0 aromatic heterocycles. The van der Waals surface area contributed by atoms with E-state index in [4.69, 9.17) is 11.6 Å². The molecule has 1 aromatic carbocycles. The summed E-state index contributed by atoms with van der Waals surface area (Å²) in [6.07, 6.45) is 1.25. The number of hydrogen-bond acceptors (Lipinski definition) is 2. The minimum absolute atomic E-state index is 0.231. The van der Waals surface area contributed by atoms with Crippen LogP contribution in [0.5, 0.6) is 0 Å². The molecule has 0 amide bonds. The largest absolute Gasteiger partial charge is 0.399 e. The van der Waals surface area contributed by atoms with Gasteiger partial charge in [0.05, 0.1) is 16.8 Å². The van der Waals surface area contributed by atoms with E-state index in [0.29, 0.717) is 9.50 Å². The van der Waals surface area contributed by atoms with Gasteiger partial charge in [0.2, 0.25) is 0 Å². The molecule has 1 aromatic rings. The van der Waals surface area contributed by atoms with Crippen LogP contribution in [0, 0.1) is 12.7 Å². The molecule has 0 aliphatic rings. The fourth-order valence-electron chi connectivity index (χ4n) is 0.933. The molecule has 1 rings (SSSR count). The van der Waals surface area contributed by atoms with Crippen molar-refractivity contribution in [2.75, 3.05) is 7.11 Å². The first kappa shape index (κ1) is 11.5. The van der Waals surface area contributed by atoms with Crippen LogP contribution in [0.4, 0.5) is 4.39 Å². The molecule has 0 saturated heterocycles. The van der Waals surface area contributed by atoms with E-state index in [2.05, 4.69) is 25.9 Å². The van der Waals surface area contributed by atoms with Gasteiger partial charge in [-0.1, -0.05) is 32.7 Å². The van der Waals surface area contributed by atoms with Gasteiger partial charge in [0, 0.05) is 4.47 Å². The number of halogens is 3. The van der Waals surface area contributed by atoms with Gasteiger partial charge in [0.1, 0.15) is 12.9 Å². The van der Waals surface area contributed by atoms with Crippen LogP contribution in [-0.4, -0.2) is 13.3 Å². The highest BCUT2D eigenvalue weighted by atomic mass is 79.9. The minimum Gasteiger partial charge on any atom is -0.399 e. The Morgan fingerprint density at radius 1 is 1.64 bits per heavy atom. The molecule has 0 aliphatic heterocycles. The van der Waals surface area contributed by atoms with Crippen LogP contribution in [0.2, 0.25) is 5.02 Å². The molecule has 0 heterocycles. The molecule has 0 unspecified atom stereocenters. The van der Waals surface area contributed by atoms with E-state index >= 15 is 0 Å². The minimum atomic E-state index is -0.437. The lowest BCUT2D eigenvalue weighted by Crippen LogP contribution is -1.94. The molecule has 2 nitrogen and oxygen atoms in total. The summed E-state index contributed by atoms with van der Waals surface area (Å²) in [6.45, 7) is 1.79. The van der Waals surface area contributed by atoms with Gasteiger partial charge >= 0.3 is 0 Å². The van der Waals surface area contributed by atoms with E-state index in [9.17, 15) is 4.39 Å². The van der Waals surface area contributed by atoms with Crippen LogP contribution < -0.4 is 0 Å². The number of rotatable bonds is 2. The Labute approximate surface area is 94.8 Å². The Morgan fingerprint density at radius 3 is 2.86 bits per heavy atom. The van der Waals surface area contributed by atoms with Crippen molar-refractivity contribution in [3.63, 3.8) is 0 Å². The predicted octanol–water partition coefficient (Wildman–Crippen LogP) is 3.53. The molecule has 0 saturated carbocycles. The first-order chi connectivity index (χ1) is 6.57. The third-order valence-corrected chi connectivity index (χ3v) is 3.03. The van der Waals surface area contributed by atoms with Crippen molar-refractivity contribution in [3.8, 4) is 0 Å². The number of hydrogen-bond donors (Lipinski definition) is 0. The zero-order chi connectivity index (χ0) is 10.7. The van der Waals surface area contributed by atoms with E-state index < -0.39 is 5.82 Å². The first-order valence-corrected chi connectivity index (χ1v) is 4.95. The fourth-order valence-corrected chi connectivity index (χ4v) is 1.69. The molecule has 14 heavy (non-hydrogen) atoms. The summed E-state index contributed by atoms with van der Waals surface area (Å²) < 4.78 is 14.0. The van der Waals surface area contributed by atoms with Crippen LogP contribution in [-0.2, 0) is 4.84 Å². The highest BCUT2D eigenvalue weighted by Gasteiger charge is 2.11. The van der Waals surface area contributed by atoms with E-state index in [0.717, 1.165) is 5.56 Å². The van der Waals surface area contributed by atoms with Gasteiger partial charge in [0.25, 0.3) is 0 Å². The molecule has 0 bridgehead atoms. The molecule has 0 atom stereocenters. The Balaban J connectivity index is 3.29. The third-order valence-electron chi connectivity index (χ3n) is 1.72. The second kappa shape index (κ2) is 4.75. The number of oxime groups is 1. The van der Waals surface area contributed by atoms with Gasteiger partial charge in [-0.25, -0.2) is 4.39 Å². The van der Waals surface area contributed by atoms with Gasteiger partial charge in [-0.15, -0.1) is 0 Å². The van der Waals surface area contributed by atoms with Crippen LogP contribution in [0.15, 0.2) is 15.7 Å². The van der Waals surface area contributed by atoms with E-state index in [1.807, 2.05) is 0 Å². The second-order valence-corrected chi connectivity index (χ2v) is 3.84. The van der Waals surface area contributed by atoms with Gasteiger partial charge in [-0.2, -0.15) is 0 Å². The summed E-state index contributed by atoms with van der Waals surface area (Å²) in [5, 5.41) is 3.80. The Kier molecular flexibility index (Phi) is 3.89. The van der Waals surface area contributed by atoms with Crippen molar-refractivity contribution in [2.45, 2.75) is 6.92 Å². The normalized spacial score (nSPS) is 10.9. The van der Waals surface area contributed by atoms with Crippen molar-refractivity contribution < 1.29 is 9.23 Å². The van der Waals surface area contributed by atoms with Crippen molar-refractivity contribution in [2.24, 2.45) is 5.16 Å². The Hall–Kier alpha value is -0.610. The molecule has 76 valence electrons. The maximum absolute atomic E-state index is 13.4. The van der Waals surface area contributed by atoms with Crippen molar-refractivity contribution in [3.05, 3.63) is 32.5 Å². The van der Waals surface area contributed by atoms with Crippen LogP contribution in [0.25, 0.3) is 0 Å². The molecule has 5 heteroatoms. The maximum Gasteiger partial charge on any atom is 0.134 e. The van der Waals surface area contributed by atoms with Gasteiger partial charge in [0.15, 0.2) is 0 Å². The molecular formula is C9H8BrClFNO. The van der Waals surface area contributed by atoms with Crippen LogP contribution >= 0.6 is 27.5 Å². The van der Waals surface area contributed by atoms with Crippen LogP contribution in [0.1, 0.15) is 11.1 Å². The van der Waals surface area contributed by atoms with E-state index in [1.54, 1.807) is 6.92 Å². The van der Waals surface area contributed by atoms with Crippen molar-refractivity contribution in [1.82, 2.24) is 0 Å². The molecular weight excluding hydrogens is 272 g/mol. The fraction of sp³-hybridized carbons (Fsp3) is 0.222. The monoisotopic (exact) mass is 279 g/mol. The standard InChI is InChI=1S/C9H8BrClFNO/c1-5-7(10)3-8(12)6(9(5)11)4-13-14-2/h3-4H,1-2H3. The predicted molar refractivity (Wildman–Crippen MR) is 58.5 cm³/mol. The second-order valence-electron chi connectivity index (χ2n) is 2.61. The zero-order valence-electron chi connectivity index (χ0n) is 7.64. The zero-order valence-corrected chi connectivity index (χ0v) is 9.99. The van der Waals surface area contributed by atoms with Gasteiger partial charge in [-0.3, -0.25) is 0 Å². The Morgan fingerprint density at radius 2 is 2.29 bits per heavy atom. The summed E-state index contributed by atoms with van der Waals surface area (Å²) in [7, 11) is 1.38. The number of benzene rings is 1. The van der Waals surface area contributed by atoms with Crippen molar-refractivity contribution >= 4 is 33.7 Å². The lowest BCUT2D eigenvalue weighted by Gasteiger charge is -2.05. The molecule has 0 spiro atoms. The summed E-state index contributed by atoms with van der Waals surface area (Å²) in [4.78, 5) is 4.46. The van der Waals surface area contributed by atoms with E-state index in [1.165, 1.54) is 19.4 Å². The first-order valence-electron chi connectivity index (χ1n) is 3.78. The quantitative estimate of drug-likeness (QED) is 0.600. The smallest absolute Gasteiger partial charge is 0.134 e. The SMILES string of the molecule is CON=Cc1c(F)cc(Br)c(C)c1Cl. The highest BCUT2D eigenvalue weighted by molar-refractivity contribution is 9.10. The third kappa shape index (κ3) is 2.25. The lowest BCUT2D eigenvalue weighted by atomic mass is 10.1. The van der Waals surface area contributed by atoms with Gasteiger partial charge < -0.3 is 4.84 Å². The average molecular weight is 281 g/mol. The highest BCUT2D eigenvalue weighted by Crippen LogP contribution is 2.28. The van der Waals surface area contributed by atoms with Crippen LogP contribution in [0.3, 0.4) is 0 Å². The van der Waals surface area contributed by atoms with Gasteiger partial charge in [-0.05, 0) is 18.6 Å². The van der Waals surface area contributed by atoms with E-state index in [-0.39, 0.29) is 5.56 Å². The lowest BCUT2D eigenvalue weighted by molar-refractivity contribution is 0.215. The topological polar surface area (TPSA) is 21.6 Å². The van der Waals surface area contributed by atoms with Crippen molar-refractivity contribution in [1.29, 1.82) is 0 Å². The summed E-state index contributed by atoms with van der Waals surface area (Å²) in [6, 6.07) is 1.35. The summed E-state index contributed by atoms with van der Waals surface area (Å²) in [5.74, 6) is -0.437. The number of nitrogens with zero attached hydrogens (tertiary/aromatic N) is 1. The average Bonchev–Trinajstić information content (AvgIpc) is 2.14. The Bertz CT molecular complexity index is 382. The maximum atomic E-state index is 13.4. The molecule has 0 radical (unpaired) electrons. The molecule has 0 aliphatic carbocycles. The molecule has 0 fully saturated rings. The summed E-state index contributed by atoms with van der Waals surface area (Å²) >= 11 is 9.12.